The Kier molecular flexibility index (Phi) is 5.71. The molecule has 0 bridgehead atoms. The van der Waals surface area contributed by atoms with Crippen molar-refractivity contribution in [2.45, 2.75) is 40.3 Å². The molecule has 1 amide bonds. The number of aryl methyl sites for hydroxylation is 1. The van der Waals surface area contributed by atoms with Crippen LogP contribution >= 0.6 is 11.3 Å². The molecule has 0 saturated heterocycles. The minimum atomic E-state index is -0.269. The molecule has 3 rings (SSSR count). The highest BCUT2D eigenvalue weighted by Gasteiger charge is 2.21. The summed E-state index contributed by atoms with van der Waals surface area (Å²) in [7, 11) is 0. The molecule has 138 valence electrons. The summed E-state index contributed by atoms with van der Waals surface area (Å²) in [5, 5.41) is 3.79. The van der Waals surface area contributed by atoms with Crippen LogP contribution in [0.1, 0.15) is 43.4 Å². The lowest BCUT2D eigenvalue weighted by Gasteiger charge is -2.24. The van der Waals surface area contributed by atoms with E-state index in [9.17, 15) is 9.18 Å². The highest BCUT2D eigenvalue weighted by Crippen LogP contribution is 2.21. The van der Waals surface area contributed by atoms with Gasteiger partial charge >= 0.3 is 0 Å². The van der Waals surface area contributed by atoms with Gasteiger partial charge in [-0.2, -0.15) is 11.3 Å². The monoisotopic (exact) mass is 373 g/mol. The predicted octanol–water partition coefficient (Wildman–Crippen LogP) is 4.95. The van der Waals surface area contributed by atoms with E-state index < -0.39 is 0 Å². The van der Waals surface area contributed by atoms with E-state index in [-0.39, 0.29) is 11.7 Å². The molecule has 4 nitrogen and oxygen atoms in total. The molecule has 0 saturated carbocycles. The number of halogens is 1. The average molecular weight is 373 g/mol. The molecule has 2 aromatic heterocycles. The first-order valence-electron chi connectivity index (χ1n) is 8.95. The van der Waals surface area contributed by atoms with Crippen LogP contribution in [0.15, 0.2) is 35.0 Å². The SMILES string of the molecule is CCCn1c(CN(CC(C)C)C(=O)c2ccsc2)nc2ccc(F)cc21. The summed E-state index contributed by atoms with van der Waals surface area (Å²) >= 11 is 1.52. The fourth-order valence-electron chi connectivity index (χ4n) is 3.14. The molecule has 0 spiro atoms. The number of carbonyl (C=O) groups excluding carboxylic acids is 1. The smallest absolute Gasteiger partial charge is 0.255 e. The first-order chi connectivity index (χ1) is 12.5. The molecule has 3 aromatic rings. The number of hydrogen-bond donors (Lipinski definition) is 0. The summed E-state index contributed by atoms with van der Waals surface area (Å²) in [6.07, 6.45) is 0.914. The Bertz CT molecular complexity index is 886. The van der Waals surface area contributed by atoms with E-state index in [1.54, 1.807) is 6.07 Å². The third-order valence-corrected chi connectivity index (χ3v) is 4.89. The molecular weight excluding hydrogens is 349 g/mol. The van der Waals surface area contributed by atoms with Crippen molar-refractivity contribution in [3.05, 3.63) is 52.2 Å². The van der Waals surface area contributed by atoms with Gasteiger partial charge in [0.05, 0.1) is 23.1 Å². The highest BCUT2D eigenvalue weighted by molar-refractivity contribution is 7.08. The fourth-order valence-corrected chi connectivity index (χ4v) is 3.77. The lowest BCUT2D eigenvalue weighted by molar-refractivity contribution is 0.0717. The molecule has 0 fully saturated rings. The van der Waals surface area contributed by atoms with Crippen LogP contribution < -0.4 is 0 Å². The van der Waals surface area contributed by atoms with Crippen molar-refractivity contribution >= 4 is 28.3 Å². The number of benzene rings is 1. The van der Waals surface area contributed by atoms with Crippen molar-refractivity contribution in [1.29, 1.82) is 0 Å². The third kappa shape index (κ3) is 3.96. The van der Waals surface area contributed by atoms with Crippen molar-refractivity contribution in [1.82, 2.24) is 14.5 Å². The van der Waals surface area contributed by atoms with E-state index >= 15 is 0 Å². The molecule has 2 heterocycles. The van der Waals surface area contributed by atoms with E-state index in [1.807, 2.05) is 26.3 Å². The van der Waals surface area contributed by atoms with Gasteiger partial charge in [-0.3, -0.25) is 4.79 Å². The fraction of sp³-hybridized carbons (Fsp3) is 0.400. The molecule has 1 aromatic carbocycles. The van der Waals surface area contributed by atoms with Crippen LogP contribution in [0.25, 0.3) is 11.0 Å². The summed E-state index contributed by atoms with van der Waals surface area (Å²) in [4.78, 5) is 19.5. The number of nitrogens with zero attached hydrogens (tertiary/aromatic N) is 3. The van der Waals surface area contributed by atoms with Crippen LogP contribution in [0, 0.1) is 11.7 Å². The Labute approximate surface area is 157 Å². The van der Waals surface area contributed by atoms with E-state index in [0.717, 1.165) is 29.8 Å². The topological polar surface area (TPSA) is 38.1 Å². The summed E-state index contributed by atoms with van der Waals surface area (Å²) in [6.45, 7) is 8.09. The van der Waals surface area contributed by atoms with Crippen molar-refractivity contribution in [3.63, 3.8) is 0 Å². The largest absolute Gasteiger partial charge is 0.331 e. The second-order valence-electron chi connectivity index (χ2n) is 6.90. The molecule has 0 radical (unpaired) electrons. The van der Waals surface area contributed by atoms with Crippen molar-refractivity contribution in [3.8, 4) is 0 Å². The van der Waals surface area contributed by atoms with Gasteiger partial charge in [0.1, 0.15) is 11.6 Å². The Morgan fingerprint density at radius 1 is 1.35 bits per heavy atom. The number of carbonyl (C=O) groups is 1. The van der Waals surface area contributed by atoms with E-state index in [2.05, 4.69) is 25.8 Å². The first kappa shape index (κ1) is 18.6. The number of aromatic nitrogens is 2. The molecule has 0 unspecified atom stereocenters. The minimum absolute atomic E-state index is 0.0150. The minimum Gasteiger partial charge on any atom is -0.331 e. The van der Waals surface area contributed by atoms with E-state index in [1.165, 1.54) is 23.5 Å². The normalized spacial score (nSPS) is 11.4. The summed E-state index contributed by atoms with van der Waals surface area (Å²) in [5.41, 5.74) is 2.26. The molecule has 0 N–H and O–H groups in total. The maximum absolute atomic E-state index is 13.7. The van der Waals surface area contributed by atoms with Crippen molar-refractivity contribution < 1.29 is 9.18 Å². The van der Waals surface area contributed by atoms with Crippen LogP contribution in [0.3, 0.4) is 0 Å². The molecule has 26 heavy (non-hydrogen) atoms. The first-order valence-corrected chi connectivity index (χ1v) is 9.90. The number of fused-ring (bicyclic) bond motifs is 1. The Morgan fingerprint density at radius 2 is 2.15 bits per heavy atom. The quantitative estimate of drug-likeness (QED) is 0.588. The van der Waals surface area contributed by atoms with Gasteiger partial charge in [-0.25, -0.2) is 9.37 Å². The van der Waals surface area contributed by atoms with Crippen molar-refractivity contribution in [2.75, 3.05) is 6.54 Å². The van der Waals surface area contributed by atoms with Gasteiger partial charge in [0.25, 0.3) is 5.91 Å². The second kappa shape index (κ2) is 7.99. The Morgan fingerprint density at radius 3 is 2.81 bits per heavy atom. The van der Waals surface area contributed by atoms with Gasteiger partial charge in [-0.1, -0.05) is 20.8 Å². The lowest BCUT2D eigenvalue weighted by Crippen LogP contribution is -2.34. The average Bonchev–Trinajstić information content (AvgIpc) is 3.23. The van der Waals surface area contributed by atoms with Gasteiger partial charge < -0.3 is 9.47 Å². The maximum Gasteiger partial charge on any atom is 0.255 e. The van der Waals surface area contributed by atoms with Crippen molar-refractivity contribution in [2.24, 2.45) is 5.92 Å². The van der Waals surface area contributed by atoms with Crippen LogP contribution in [-0.2, 0) is 13.1 Å². The van der Waals surface area contributed by atoms with E-state index in [4.69, 9.17) is 0 Å². The van der Waals surface area contributed by atoms with Crippen LogP contribution in [-0.4, -0.2) is 26.9 Å². The Hall–Kier alpha value is -2.21. The summed E-state index contributed by atoms with van der Waals surface area (Å²) in [6, 6.07) is 6.51. The zero-order chi connectivity index (χ0) is 18.7. The zero-order valence-electron chi connectivity index (χ0n) is 15.4. The van der Waals surface area contributed by atoms with E-state index in [0.29, 0.717) is 24.6 Å². The molecule has 0 aliphatic carbocycles. The number of imidazole rings is 1. The zero-order valence-corrected chi connectivity index (χ0v) is 16.2. The summed E-state index contributed by atoms with van der Waals surface area (Å²) < 4.78 is 15.7. The standard InChI is InChI=1S/C20H24FN3OS/c1-4-8-24-18-10-16(21)5-6-17(18)22-19(24)12-23(11-14(2)3)20(25)15-7-9-26-13-15/h5-7,9-10,13-14H,4,8,11-12H2,1-3H3. The summed E-state index contributed by atoms with van der Waals surface area (Å²) in [5.74, 6) is 0.895. The molecule has 0 atom stereocenters. The van der Waals surface area contributed by atoms with Gasteiger partial charge in [0.15, 0.2) is 0 Å². The second-order valence-corrected chi connectivity index (χ2v) is 7.68. The van der Waals surface area contributed by atoms with Gasteiger partial charge in [-0.05, 0) is 42.0 Å². The maximum atomic E-state index is 13.7. The lowest BCUT2D eigenvalue weighted by atomic mass is 10.2. The predicted molar refractivity (Wildman–Crippen MR) is 104 cm³/mol. The van der Waals surface area contributed by atoms with Crippen LogP contribution in [0.2, 0.25) is 0 Å². The van der Waals surface area contributed by atoms with Gasteiger partial charge in [-0.15, -0.1) is 0 Å². The molecule has 6 heteroatoms. The van der Waals surface area contributed by atoms with Gasteiger partial charge in [0.2, 0.25) is 0 Å². The number of rotatable bonds is 7. The molecule has 0 aliphatic rings. The molecular formula is C20H24FN3OS. The highest BCUT2D eigenvalue weighted by atomic mass is 32.1. The number of hydrogen-bond acceptors (Lipinski definition) is 3. The van der Waals surface area contributed by atoms with Crippen LogP contribution in [0.5, 0.6) is 0 Å². The number of amides is 1. The third-order valence-electron chi connectivity index (χ3n) is 4.21. The van der Waals surface area contributed by atoms with Gasteiger partial charge in [0, 0.05) is 18.5 Å². The Balaban J connectivity index is 1.97. The molecule has 0 aliphatic heterocycles. The number of thiophene rings is 1. The van der Waals surface area contributed by atoms with Crippen LogP contribution in [0.4, 0.5) is 4.39 Å².